The maximum Gasteiger partial charge on any atom is 0.251 e. The fourth-order valence-corrected chi connectivity index (χ4v) is 3.83. The van der Waals surface area contributed by atoms with Crippen LogP contribution in [0.1, 0.15) is 36.0 Å². The Morgan fingerprint density at radius 3 is 2.52 bits per heavy atom. The van der Waals surface area contributed by atoms with Crippen molar-refractivity contribution in [1.29, 1.82) is 0 Å². The summed E-state index contributed by atoms with van der Waals surface area (Å²) in [6, 6.07) is 19.9. The van der Waals surface area contributed by atoms with Crippen molar-refractivity contribution in [3.8, 4) is 0 Å². The molecule has 0 spiro atoms. The molecule has 2 N–H and O–H groups in total. The topological polar surface area (TPSA) is 54.0 Å². The first-order valence-corrected chi connectivity index (χ1v) is 9.74. The Morgan fingerprint density at radius 2 is 1.70 bits per heavy atom. The normalized spacial score (nSPS) is 19.6. The van der Waals surface area contributed by atoms with Crippen molar-refractivity contribution in [2.24, 2.45) is 0 Å². The predicted octanol–water partition coefficient (Wildman–Crippen LogP) is 5.04. The predicted molar refractivity (Wildman–Crippen MR) is 110 cm³/mol. The number of aromatic nitrogens is 1. The van der Waals surface area contributed by atoms with Crippen LogP contribution in [0.2, 0.25) is 5.02 Å². The number of hydrogen-bond acceptors (Lipinski definition) is 3. The van der Waals surface area contributed by atoms with Crippen LogP contribution in [-0.4, -0.2) is 23.0 Å². The van der Waals surface area contributed by atoms with Crippen molar-refractivity contribution in [1.82, 2.24) is 10.3 Å². The molecule has 1 heterocycles. The number of halogens is 1. The summed E-state index contributed by atoms with van der Waals surface area (Å²) in [5.74, 6) is 0.866. The molecule has 0 radical (unpaired) electrons. The molecule has 4 nitrogen and oxygen atoms in total. The molecule has 138 valence electrons. The summed E-state index contributed by atoms with van der Waals surface area (Å²) in [5, 5.41) is 8.41. The summed E-state index contributed by atoms with van der Waals surface area (Å²) in [7, 11) is 0. The Balaban J connectivity index is 1.31. The highest BCUT2D eigenvalue weighted by Gasteiger charge is 2.23. The molecule has 2 aromatic carbocycles. The van der Waals surface area contributed by atoms with Gasteiger partial charge in [-0.2, -0.15) is 0 Å². The van der Waals surface area contributed by atoms with Crippen molar-refractivity contribution in [3.05, 3.63) is 71.2 Å². The Bertz CT molecular complexity index is 951. The minimum absolute atomic E-state index is 0.0508. The first-order valence-electron chi connectivity index (χ1n) is 9.36. The Hall–Kier alpha value is -2.59. The lowest BCUT2D eigenvalue weighted by Gasteiger charge is -2.30. The molecule has 3 aromatic rings. The van der Waals surface area contributed by atoms with Gasteiger partial charge >= 0.3 is 0 Å². The zero-order valence-corrected chi connectivity index (χ0v) is 15.7. The van der Waals surface area contributed by atoms with Crippen LogP contribution in [0.3, 0.4) is 0 Å². The number of hydrogen-bond donors (Lipinski definition) is 2. The highest BCUT2D eigenvalue weighted by Crippen LogP contribution is 2.23. The van der Waals surface area contributed by atoms with Crippen LogP contribution in [-0.2, 0) is 0 Å². The van der Waals surface area contributed by atoms with Crippen molar-refractivity contribution in [3.63, 3.8) is 0 Å². The first kappa shape index (κ1) is 17.8. The van der Waals surface area contributed by atoms with E-state index in [0.29, 0.717) is 16.6 Å². The summed E-state index contributed by atoms with van der Waals surface area (Å²) in [5.41, 5.74) is 1.62. The number of pyridine rings is 1. The highest BCUT2D eigenvalue weighted by molar-refractivity contribution is 6.30. The molecule has 0 atom stereocenters. The molecule has 4 rings (SSSR count). The van der Waals surface area contributed by atoms with Gasteiger partial charge in [-0.3, -0.25) is 4.79 Å². The first-order chi connectivity index (χ1) is 13.2. The van der Waals surface area contributed by atoms with Gasteiger partial charge in [0.1, 0.15) is 5.82 Å². The maximum atomic E-state index is 12.4. The van der Waals surface area contributed by atoms with Gasteiger partial charge < -0.3 is 10.6 Å². The summed E-state index contributed by atoms with van der Waals surface area (Å²) in [6.07, 6.45) is 3.93. The zero-order chi connectivity index (χ0) is 18.6. The van der Waals surface area contributed by atoms with E-state index < -0.39 is 0 Å². The van der Waals surface area contributed by atoms with Gasteiger partial charge in [0.15, 0.2) is 0 Å². The van der Waals surface area contributed by atoms with Crippen molar-refractivity contribution < 1.29 is 4.79 Å². The number of benzene rings is 2. The number of anilines is 1. The van der Waals surface area contributed by atoms with Crippen LogP contribution in [0.25, 0.3) is 10.9 Å². The molecule has 0 aliphatic heterocycles. The van der Waals surface area contributed by atoms with E-state index in [1.165, 1.54) is 0 Å². The number of carbonyl (C=O) groups excluding carboxylic acids is 1. The molecule has 27 heavy (non-hydrogen) atoms. The molecule has 0 saturated heterocycles. The van der Waals surface area contributed by atoms with Crippen molar-refractivity contribution in [2.45, 2.75) is 37.8 Å². The van der Waals surface area contributed by atoms with Crippen LogP contribution in [0.4, 0.5) is 5.82 Å². The SMILES string of the molecule is O=C(NC1CCC(Nc2ccc3ccccc3n2)CC1)c1cccc(Cl)c1. The van der Waals surface area contributed by atoms with Gasteiger partial charge in [-0.1, -0.05) is 35.9 Å². The van der Waals surface area contributed by atoms with E-state index in [-0.39, 0.29) is 11.9 Å². The molecular formula is C22H22ClN3O. The summed E-state index contributed by atoms with van der Waals surface area (Å²) in [4.78, 5) is 17.1. The number of fused-ring (bicyclic) bond motifs is 1. The van der Waals surface area contributed by atoms with E-state index in [9.17, 15) is 4.79 Å². The van der Waals surface area contributed by atoms with Gasteiger partial charge in [-0.15, -0.1) is 0 Å². The third-order valence-electron chi connectivity index (χ3n) is 5.10. The number of nitrogens with zero attached hydrogens (tertiary/aromatic N) is 1. The number of para-hydroxylation sites is 1. The molecule has 5 heteroatoms. The summed E-state index contributed by atoms with van der Waals surface area (Å²) in [6.45, 7) is 0. The quantitative estimate of drug-likeness (QED) is 0.667. The molecule has 1 aliphatic carbocycles. The summed E-state index contributed by atoms with van der Waals surface area (Å²) >= 11 is 5.97. The molecule has 1 saturated carbocycles. The van der Waals surface area contributed by atoms with E-state index in [4.69, 9.17) is 16.6 Å². The molecule has 1 aromatic heterocycles. The van der Waals surface area contributed by atoms with E-state index in [0.717, 1.165) is 42.4 Å². The van der Waals surface area contributed by atoms with Gasteiger partial charge in [0.05, 0.1) is 5.52 Å². The van der Waals surface area contributed by atoms with Crippen LogP contribution < -0.4 is 10.6 Å². The molecular weight excluding hydrogens is 358 g/mol. The molecule has 1 fully saturated rings. The standard InChI is InChI=1S/C22H22ClN3O/c23-17-6-3-5-16(14-17)22(27)25-19-11-9-18(10-12-19)24-21-13-8-15-4-1-2-7-20(15)26-21/h1-8,13-14,18-19H,9-12H2,(H,24,26)(H,25,27). The van der Waals surface area contributed by atoms with Crippen LogP contribution in [0.5, 0.6) is 0 Å². The monoisotopic (exact) mass is 379 g/mol. The van der Waals surface area contributed by atoms with Gasteiger partial charge in [-0.25, -0.2) is 4.98 Å². The molecule has 1 amide bonds. The van der Waals surface area contributed by atoms with Gasteiger partial charge in [0, 0.05) is 28.1 Å². The number of nitrogens with one attached hydrogen (secondary N) is 2. The lowest BCUT2D eigenvalue weighted by molar-refractivity contribution is 0.0926. The van der Waals surface area contributed by atoms with Crippen LogP contribution >= 0.6 is 11.6 Å². The second kappa shape index (κ2) is 7.97. The minimum atomic E-state index is -0.0508. The molecule has 1 aliphatic rings. The van der Waals surface area contributed by atoms with Crippen molar-refractivity contribution >= 4 is 34.2 Å². The highest BCUT2D eigenvalue weighted by atomic mass is 35.5. The Kier molecular flexibility index (Phi) is 5.26. The zero-order valence-electron chi connectivity index (χ0n) is 15.0. The number of rotatable bonds is 4. The third-order valence-corrected chi connectivity index (χ3v) is 5.33. The smallest absolute Gasteiger partial charge is 0.251 e. The Labute approximate surface area is 164 Å². The van der Waals surface area contributed by atoms with Gasteiger partial charge in [-0.05, 0) is 62.1 Å². The average Bonchev–Trinajstić information content (AvgIpc) is 2.69. The van der Waals surface area contributed by atoms with E-state index >= 15 is 0 Å². The number of amides is 1. The molecule has 0 unspecified atom stereocenters. The third kappa shape index (κ3) is 4.40. The second-order valence-corrected chi connectivity index (χ2v) is 7.50. The minimum Gasteiger partial charge on any atom is -0.367 e. The van der Waals surface area contributed by atoms with E-state index in [1.807, 2.05) is 24.3 Å². The van der Waals surface area contributed by atoms with Crippen LogP contribution in [0.15, 0.2) is 60.7 Å². The Morgan fingerprint density at radius 1 is 0.926 bits per heavy atom. The van der Waals surface area contributed by atoms with Gasteiger partial charge in [0.2, 0.25) is 0 Å². The molecule has 0 bridgehead atoms. The maximum absolute atomic E-state index is 12.4. The lowest BCUT2D eigenvalue weighted by Crippen LogP contribution is -2.40. The fraction of sp³-hybridized carbons (Fsp3) is 0.273. The van der Waals surface area contributed by atoms with E-state index in [2.05, 4.69) is 22.8 Å². The fourth-order valence-electron chi connectivity index (χ4n) is 3.64. The number of carbonyl (C=O) groups is 1. The van der Waals surface area contributed by atoms with E-state index in [1.54, 1.807) is 24.3 Å². The average molecular weight is 380 g/mol. The van der Waals surface area contributed by atoms with Gasteiger partial charge in [0.25, 0.3) is 5.91 Å². The largest absolute Gasteiger partial charge is 0.367 e. The second-order valence-electron chi connectivity index (χ2n) is 7.07. The van der Waals surface area contributed by atoms with Crippen LogP contribution in [0, 0.1) is 0 Å². The lowest BCUT2D eigenvalue weighted by atomic mass is 9.91. The summed E-state index contributed by atoms with van der Waals surface area (Å²) < 4.78 is 0. The van der Waals surface area contributed by atoms with Crippen molar-refractivity contribution in [2.75, 3.05) is 5.32 Å².